The van der Waals surface area contributed by atoms with E-state index < -0.39 is 9.84 Å². The number of hydrogen-bond donors (Lipinski definition) is 1. The van der Waals surface area contributed by atoms with E-state index >= 15 is 0 Å². The molecule has 0 aliphatic carbocycles. The van der Waals surface area contributed by atoms with Gasteiger partial charge in [-0.15, -0.1) is 0 Å². The quantitative estimate of drug-likeness (QED) is 0.385. The lowest BCUT2D eigenvalue weighted by Gasteiger charge is -2.32. The average Bonchev–Trinajstić information content (AvgIpc) is 2.88. The van der Waals surface area contributed by atoms with Gasteiger partial charge in [0.25, 0.3) is 0 Å². The summed E-state index contributed by atoms with van der Waals surface area (Å²) in [5.41, 5.74) is 15.2. The smallest absolute Gasteiger partial charge is 0.176 e. The second-order valence-electron chi connectivity index (χ2n) is 9.04. The Labute approximate surface area is 207 Å². The third kappa shape index (κ3) is 4.60. The lowest BCUT2D eigenvalue weighted by atomic mass is 9.90. The van der Waals surface area contributed by atoms with Crippen molar-refractivity contribution in [3.63, 3.8) is 0 Å². The van der Waals surface area contributed by atoms with Crippen molar-refractivity contribution < 1.29 is 8.42 Å². The summed E-state index contributed by atoms with van der Waals surface area (Å²) < 4.78 is 24.5. The van der Waals surface area contributed by atoms with Gasteiger partial charge in [0.1, 0.15) is 0 Å². The number of nitrogens with zero attached hydrogens (tertiary/aromatic N) is 1. The molecule has 1 aliphatic heterocycles. The first-order valence-electron chi connectivity index (χ1n) is 11.6. The number of fused-ring (bicyclic) bond motifs is 1. The fraction of sp³-hybridized carbons (Fsp3) is 0.133. The van der Waals surface area contributed by atoms with E-state index in [-0.39, 0.29) is 0 Å². The summed E-state index contributed by atoms with van der Waals surface area (Å²) in [7, 11) is -3.32. The van der Waals surface area contributed by atoms with E-state index in [0.717, 1.165) is 47.5 Å². The molecule has 1 aliphatic rings. The summed E-state index contributed by atoms with van der Waals surface area (Å²) in [5, 5.41) is 0. The number of anilines is 1. The molecule has 4 nitrogen and oxygen atoms in total. The van der Waals surface area contributed by atoms with Crippen LogP contribution in [-0.4, -0.2) is 21.2 Å². The lowest BCUT2D eigenvalue weighted by Crippen LogP contribution is -2.30. The molecule has 0 fully saturated rings. The molecule has 0 saturated carbocycles. The number of rotatable bonds is 5. The summed E-state index contributed by atoms with van der Waals surface area (Å²) in [4.78, 5) is 2.73. The second kappa shape index (κ2) is 9.08. The first-order valence-corrected chi connectivity index (χ1v) is 13.5. The highest BCUT2D eigenvalue weighted by Gasteiger charge is 2.21. The van der Waals surface area contributed by atoms with Crippen LogP contribution < -0.4 is 10.6 Å². The first kappa shape index (κ1) is 22.9. The molecule has 0 spiro atoms. The molecule has 35 heavy (non-hydrogen) atoms. The molecule has 1 heterocycles. The van der Waals surface area contributed by atoms with E-state index in [1.165, 1.54) is 22.9 Å². The van der Waals surface area contributed by atoms with Crippen molar-refractivity contribution in [2.24, 2.45) is 5.73 Å². The fourth-order valence-electron chi connectivity index (χ4n) is 4.83. The van der Waals surface area contributed by atoms with E-state index in [9.17, 15) is 8.42 Å². The van der Waals surface area contributed by atoms with Gasteiger partial charge in [-0.3, -0.25) is 0 Å². The third-order valence-electron chi connectivity index (χ3n) is 6.65. The van der Waals surface area contributed by atoms with E-state index in [4.69, 9.17) is 5.73 Å². The Morgan fingerprint density at radius 2 is 1.51 bits per heavy atom. The van der Waals surface area contributed by atoms with Gasteiger partial charge in [-0.05, 0) is 58.0 Å². The standard InChI is InChI=1S/C30H28N2O2S/c1-21(31)25-8-5-9-26(19-25)32-18-17-22-7-6-11-27(29(22)20-32)23-13-15-24(16-14-23)28-10-3-4-12-30(28)35(2,33)34/h3-16,19H,1,17-18,20,31H2,2H3. The maximum Gasteiger partial charge on any atom is 0.176 e. The van der Waals surface area contributed by atoms with E-state index in [1.807, 2.05) is 36.4 Å². The van der Waals surface area contributed by atoms with Gasteiger partial charge >= 0.3 is 0 Å². The van der Waals surface area contributed by atoms with Crippen LogP contribution in [0, 0.1) is 0 Å². The number of nitrogens with two attached hydrogens (primary N) is 1. The highest BCUT2D eigenvalue weighted by Crippen LogP contribution is 2.35. The van der Waals surface area contributed by atoms with E-state index in [2.05, 4.69) is 53.9 Å². The second-order valence-corrected chi connectivity index (χ2v) is 11.0. The molecule has 5 heteroatoms. The van der Waals surface area contributed by atoms with Crippen LogP contribution >= 0.6 is 0 Å². The van der Waals surface area contributed by atoms with Crippen molar-refractivity contribution >= 4 is 21.2 Å². The van der Waals surface area contributed by atoms with Crippen molar-refractivity contribution in [1.29, 1.82) is 0 Å². The Morgan fingerprint density at radius 3 is 2.23 bits per heavy atom. The Balaban J connectivity index is 1.49. The molecule has 0 saturated heterocycles. The zero-order valence-electron chi connectivity index (χ0n) is 19.7. The molecular formula is C30H28N2O2S. The zero-order chi connectivity index (χ0) is 24.6. The Morgan fingerprint density at radius 1 is 0.857 bits per heavy atom. The molecule has 4 aromatic carbocycles. The summed E-state index contributed by atoms with van der Waals surface area (Å²) >= 11 is 0. The summed E-state index contributed by atoms with van der Waals surface area (Å²) in [6.07, 6.45) is 2.22. The minimum absolute atomic E-state index is 0.350. The number of hydrogen-bond acceptors (Lipinski definition) is 4. The summed E-state index contributed by atoms with van der Waals surface area (Å²) in [6.45, 7) is 5.63. The number of benzene rings is 4. The summed E-state index contributed by atoms with van der Waals surface area (Å²) in [5.74, 6) is 0. The normalized spacial score (nSPS) is 13.3. The van der Waals surface area contributed by atoms with Crippen LogP contribution in [0.15, 0.2) is 102 Å². The van der Waals surface area contributed by atoms with Crippen LogP contribution in [0.2, 0.25) is 0 Å². The molecule has 0 bridgehead atoms. The molecule has 0 unspecified atom stereocenters. The molecule has 4 aromatic rings. The Hall–Kier alpha value is -3.83. The van der Waals surface area contributed by atoms with Gasteiger partial charge in [0.05, 0.1) is 4.90 Å². The predicted molar refractivity (Wildman–Crippen MR) is 145 cm³/mol. The Kier molecular flexibility index (Phi) is 5.95. The van der Waals surface area contributed by atoms with Crippen LogP contribution in [0.1, 0.15) is 16.7 Å². The lowest BCUT2D eigenvalue weighted by molar-refractivity contribution is 0.602. The monoisotopic (exact) mass is 480 g/mol. The van der Waals surface area contributed by atoms with Gasteiger partial charge in [-0.1, -0.05) is 79.4 Å². The van der Waals surface area contributed by atoms with Gasteiger partial charge in [0.15, 0.2) is 9.84 Å². The molecule has 5 rings (SSSR count). The fourth-order valence-corrected chi connectivity index (χ4v) is 5.74. The average molecular weight is 481 g/mol. The topological polar surface area (TPSA) is 63.4 Å². The Bertz CT molecular complexity index is 1520. The van der Waals surface area contributed by atoms with Gasteiger partial charge in [-0.25, -0.2) is 8.42 Å². The van der Waals surface area contributed by atoms with Gasteiger partial charge in [-0.2, -0.15) is 0 Å². The third-order valence-corrected chi connectivity index (χ3v) is 7.80. The van der Waals surface area contributed by atoms with Crippen LogP contribution in [0.25, 0.3) is 28.0 Å². The highest BCUT2D eigenvalue weighted by atomic mass is 32.2. The molecule has 0 amide bonds. The summed E-state index contributed by atoms with van der Waals surface area (Å²) in [6, 6.07) is 30.1. The van der Waals surface area contributed by atoms with Crippen LogP contribution in [0.3, 0.4) is 0 Å². The zero-order valence-corrected chi connectivity index (χ0v) is 20.6. The highest BCUT2D eigenvalue weighted by molar-refractivity contribution is 7.90. The van der Waals surface area contributed by atoms with Crippen molar-refractivity contribution in [2.45, 2.75) is 17.9 Å². The maximum atomic E-state index is 12.3. The largest absolute Gasteiger partial charge is 0.399 e. The van der Waals surface area contributed by atoms with Crippen LogP contribution in [-0.2, 0) is 22.8 Å². The number of sulfone groups is 1. The molecule has 0 radical (unpaired) electrons. The van der Waals surface area contributed by atoms with Gasteiger partial charge in [0, 0.05) is 36.3 Å². The minimum Gasteiger partial charge on any atom is -0.399 e. The minimum atomic E-state index is -3.32. The van der Waals surface area contributed by atoms with Crippen molar-refractivity contribution in [3.8, 4) is 22.3 Å². The van der Waals surface area contributed by atoms with E-state index in [0.29, 0.717) is 10.6 Å². The van der Waals surface area contributed by atoms with Crippen LogP contribution in [0.5, 0.6) is 0 Å². The SMILES string of the molecule is C=C(N)c1cccc(N2CCc3cccc(-c4ccc(-c5ccccc5S(C)(=O)=O)cc4)c3C2)c1. The van der Waals surface area contributed by atoms with Gasteiger partial charge < -0.3 is 10.6 Å². The van der Waals surface area contributed by atoms with Gasteiger partial charge in [0.2, 0.25) is 0 Å². The molecule has 2 N–H and O–H groups in total. The molecule has 0 aromatic heterocycles. The van der Waals surface area contributed by atoms with Crippen LogP contribution in [0.4, 0.5) is 5.69 Å². The first-order chi connectivity index (χ1) is 16.8. The predicted octanol–water partition coefficient (Wildman–Crippen LogP) is 5.92. The molecular weight excluding hydrogens is 452 g/mol. The molecule has 176 valence electrons. The van der Waals surface area contributed by atoms with E-state index in [1.54, 1.807) is 12.1 Å². The van der Waals surface area contributed by atoms with Crippen molar-refractivity contribution in [1.82, 2.24) is 0 Å². The molecule has 0 atom stereocenters. The van der Waals surface area contributed by atoms with Crippen molar-refractivity contribution in [2.75, 3.05) is 17.7 Å². The van der Waals surface area contributed by atoms with Crippen molar-refractivity contribution in [3.05, 3.63) is 114 Å². The maximum absolute atomic E-state index is 12.3.